The number of furan rings is 1. The second-order valence-corrected chi connectivity index (χ2v) is 4.29. The summed E-state index contributed by atoms with van der Waals surface area (Å²) in [5.41, 5.74) is 0.851. The molecule has 0 saturated carbocycles. The molecule has 0 unspecified atom stereocenters. The lowest BCUT2D eigenvalue weighted by Crippen LogP contribution is -2.19. The van der Waals surface area contributed by atoms with Gasteiger partial charge in [0, 0.05) is 12.1 Å². The van der Waals surface area contributed by atoms with Crippen LogP contribution in [0.2, 0.25) is 0 Å². The maximum Gasteiger partial charge on any atom is 0.134 e. The molecule has 1 heterocycles. The number of rotatable bonds is 8. The highest BCUT2D eigenvalue weighted by Crippen LogP contribution is 2.22. The van der Waals surface area contributed by atoms with Crippen LogP contribution in [0.5, 0.6) is 0 Å². The Morgan fingerprint density at radius 1 is 1.10 bits per heavy atom. The van der Waals surface area contributed by atoms with Gasteiger partial charge in [0.1, 0.15) is 17.3 Å². The van der Waals surface area contributed by atoms with Crippen molar-refractivity contribution in [1.82, 2.24) is 5.32 Å². The fraction of sp³-hybridized carbons (Fsp3) is 0.333. The van der Waals surface area contributed by atoms with Crippen LogP contribution in [0.1, 0.15) is 5.76 Å². The SMILES string of the molecule is OCCOCCNCc1ccc(-c2ccc(F)cc2)o1. The highest BCUT2D eigenvalue weighted by molar-refractivity contribution is 5.57. The van der Waals surface area contributed by atoms with E-state index in [1.165, 1.54) is 12.1 Å². The van der Waals surface area contributed by atoms with Gasteiger partial charge < -0.3 is 19.6 Å². The number of nitrogens with one attached hydrogen (secondary N) is 1. The maximum absolute atomic E-state index is 12.8. The number of hydrogen-bond acceptors (Lipinski definition) is 4. The van der Waals surface area contributed by atoms with Crippen molar-refractivity contribution < 1.29 is 18.7 Å². The summed E-state index contributed by atoms with van der Waals surface area (Å²) in [6.45, 7) is 2.23. The van der Waals surface area contributed by atoms with Crippen molar-refractivity contribution >= 4 is 0 Å². The van der Waals surface area contributed by atoms with Crippen LogP contribution in [-0.4, -0.2) is 31.5 Å². The van der Waals surface area contributed by atoms with Crippen LogP contribution in [0.3, 0.4) is 0 Å². The molecule has 4 nitrogen and oxygen atoms in total. The smallest absolute Gasteiger partial charge is 0.134 e. The molecular formula is C15H18FNO3. The predicted molar refractivity (Wildman–Crippen MR) is 73.7 cm³/mol. The van der Waals surface area contributed by atoms with Crippen molar-refractivity contribution in [3.05, 3.63) is 48.0 Å². The summed E-state index contributed by atoms with van der Waals surface area (Å²) in [5, 5.41) is 11.7. The third kappa shape index (κ3) is 4.45. The van der Waals surface area contributed by atoms with Gasteiger partial charge in [0.2, 0.25) is 0 Å². The zero-order valence-electron chi connectivity index (χ0n) is 11.1. The summed E-state index contributed by atoms with van der Waals surface area (Å²) in [7, 11) is 0. The van der Waals surface area contributed by atoms with Gasteiger partial charge in [-0.2, -0.15) is 0 Å². The van der Waals surface area contributed by atoms with Crippen LogP contribution < -0.4 is 5.32 Å². The average Bonchev–Trinajstić information content (AvgIpc) is 2.92. The van der Waals surface area contributed by atoms with Gasteiger partial charge in [0.25, 0.3) is 0 Å². The molecule has 0 spiro atoms. The van der Waals surface area contributed by atoms with Crippen LogP contribution in [0.4, 0.5) is 4.39 Å². The Balaban J connectivity index is 1.79. The van der Waals surface area contributed by atoms with Crippen molar-refractivity contribution in [3.8, 4) is 11.3 Å². The molecule has 0 aliphatic rings. The minimum Gasteiger partial charge on any atom is -0.460 e. The Morgan fingerprint density at radius 3 is 2.65 bits per heavy atom. The molecule has 5 heteroatoms. The Labute approximate surface area is 117 Å². The molecule has 0 atom stereocenters. The van der Waals surface area contributed by atoms with Crippen molar-refractivity contribution in [2.45, 2.75) is 6.54 Å². The first-order chi connectivity index (χ1) is 9.79. The van der Waals surface area contributed by atoms with Gasteiger partial charge in [0.15, 0.2) is 0 Å². The molecule has 20 heavy (non-hydrogen) atoms. The standard InChI is InChI=1S/C15H18FNO3/c16-13-3-1-12(2-4-13)15-6-5-14(20-15)11-17-7-9-19-10-8-18/h1-6,17-18H,7-11H2. The van der Waals surface area contributed by atoms with E-state index >= 15 is 0 Å². The third-order valence-electron chi connectivity index (χ3n) is 2.75. The molecule has 0 bridgehead atoms. The quantitative estimate of drug-likeness (QED) is 0.727. The van der Waals surface area contributed by atoms with Crippen molar-refractivity contribution in [2.75, 3.05) is 26.4 Å². The van der Waals surface area contributed by atoms with E-state index in [9.17, 15) is 4.39 Å². The molecule has 1 aromatic carbocycles. The fourth-order valence-electron chi connectivity index (χ4n) is 1.76. The topological polar surface area (TPSA) is 54.6 Å². The average molecular weight is 279 g/mol. The minimum atomic E-state index is -0.259. The number of hydrogen-bond donors (Lipinski definition) is 2. The Bertz CT molecular complexity index is 510. The van der Waals surface area contributed by atoms with Gasteiger partial charge in [-0.05, 0) is 36.4 Å². The molecule has 2 N–H and O–H groups in total. The van der Waals surface area contributed by atoms with Gasteiger partial charge in [-0.25, -0.2) is 4.39 Å². The molecule has 1 aromatic heterocycles. The molecular weight excluding hydrogens is 261 g/mol. The van der Waals surface area contributed by atoms with Crippen molar-refractivity contribution in [3.63, 3.8) is 0 Å². The zero-order valence-corrected chi connectivity index (χ0v) is 11.1. The summed E-state index contributed by atoms with van der Waals surface area (Å²) < 4.78 is 23.6. The van der Waals surface area contributed by atoms with Gasteiger partial charge in [-0.15, -0.1) is 0 Å². The van der Waals surface area contributed by atoms with Crippen LogP contribution in [-0.2, 0) is 11.3 Å². The number of aliphatic hydroxyl groups is 1. The maximum atomic E-state index is 12.8. The number of aliphatic hydroxyl groups excluding tert-OH is 1. The van der Waals surface area contributed by atoms with Crippen LogP contribution in [0, 0.1) is 5.82 Å². The lowest BCUT2D eigenvalue weighted by atomic mass is 10.2. The number of benzene rings is 1. The summed E-state index contributed by atoms with van der Waals surface area (Å²) in [5.74, 6) is 1.27. The second-order valence-electron chi connectivity index (χ2n) is 4.29. The van der Waals surface area contributed by atoms with Gasteiger partial charge in [0.05, 0.1) is 26.4 Å². The predicted octanol–water partition coefficient (Wildman–Crippen LogP) is 2.18. The Hall–Kier alpha value is -1.69. The van der Waals surface area contributed by atoms with Crippen LogP contribution in [0.15, 0.2) is 40.8 Å². The van der Waals surface area contributed by atoms with Gasteiger partial charge in [-0.3, -0.25) is 0 Å². The first-order valence-corrected chi connectivity index (χ1v) is 6.53. The minimum absolute atomic E-state index is 0.0409. The van der Waals surface area contributed by atoms with E-state index in [4.69, 9.17) is 14.3 Å². The molecule has 0 fully saturated rings. The van der Waals surface area contributed by atoms with E-state index < -0.39 is 0 Å². The number of halogens is 1. The van der Waals surface area contributed by atoms with Crippen molar-refractivity contribution in [1.29, 1.82) is 0 Å². The Kier molecular flexibility index (Phi) is 5.73. The van der Waals surface area contributed by atoms with Gasteiger partial charge in [-0.1, -0.05) is 0 Å². The molecule has 0 aliphatic heterocycles. The third-order valence-corrected chi connectivity index (χ3v) is 2.75. The van der Waals surface area contributed by atoms with Gasteiger partial charge >= 0.3 is 0 Å². The van der Waals surface area contributed by atoms with E-state index in [-0.39, 0.29) is 12.4 Å². The molecule has 2 rings (SSSR count). The zero-order chi connectivity index (χ0) is 14.2. The molecule has 2 aromatic rings. The molecule has 0 saturated heterocycles. The molecule has 0 radical (unpaired) electrons. The lowest BCUT2D eigenvalue weighted by Gasteiger charge is -2.03. The highest BCUT2D eigenvalue weighted by Gasteiger charge is 2.04. The Morgan fingerprint density at radius 2 is 1.90 bits per heavy atom. The first-order valence-electron chi connectivity index (χ1n) is 6.53. The summed E-state index contributed by atoms with van der Waals surface area (Å²) >= 11 is 0. The van der Waals surface area contributed by atoms with E-state index in [2.05, 4.69) is 5.32 Å². The molecule has 0 amide bonds. The second kappa shape index (κ2) is 7.79. The van der Waals surface area contributed by atoms with E-state index in [0.717, 1.165) is 17.1 Å². The first kappa shape index (κ1) is 14.7. The summed E-state index contributed by atoms with van der Waals surface area (Å²) in [6.07, 6.45) is 0. The largest absolute Gasteiger partial charge is 0.460 e. The van der Waals surface area contributed by atoms with E-state index in [1.807, 2.05) is 12.1 Å². The summed E-state index contributed by atoms with van der Waals surface area (Å²) in [6, 6.07) is 9.96. The number of ether oxygens (including phenoxy) is 1. The monoisotopic (exact) mass is 279 g/mol. The summed E-state index contributed by atoms with van der Waals surface area (Å²) in [4.78, 5) is 0. The molecule has 108 valence electrons. The fourth-order valence-corrected chi connectivity index (χ4v) is 1.76. The molecule has 0 aliphatic carbocycles. The van der Waals surface area contributed by atoms with Crippen LogP contribution >= 0.6 is 0 Å². The van der Waals surface area contributed by atoms with E-state index in [1.54, 1.807) is 12.1 Å². The lowest BCUT2D eigenvalue weighted by molar-refractivity contribution is 0.0936. The van der Waals surface area contributed by atoms with Crippen molar-refractivity contribution in [2.24, 2.45) is 0 Å². The highest BCUT2D eigenvalue weighted by atomic mass is 19.1. The van der Waals surface area contributed by atoms with Crippen LogP contribution in [0.25, 0.3) is 11.3 Å². The normalized spacial score (nSPS) is 10.9. The van der Waals surface area contributed by atoms with E-state index in [0.29, 0.717) is 26.3 Å².